The van der Waals surface area contributed by atoms with Crippen LogP contribution >= 0.6 is 27.3 Å². The predicted octanol–water partition coefficient (Wildman–Crippen LogP) is 3.32. The first-order valence-corrected chi connectivity index (χ1v) is 8.10. The lowest BCUT2D eigenvalue weighted by molar-refractivity contribution is 0.303. The molecule has 1 aromatic rings. The van der Waals surface area contributed by atoms with E-state index in [2.05, 4.69) is 15.9 Å². The smallest absolute Gasteiger partial charge is 0.206 e. The third-order valence-corrected chi connectivity index (χ3v) is 6.44. The van der Waals surface area contributed by atoms with Crippen LogP contribution in [0.1, 0.15) is 27.7 Å². The lowest BCUT2D eigenvalue weighted by Gasteiger charge is -2.28. The average Bonchev–Trinajstić information content (AvgIpc) is 2.49. The minimum atomic E-state index is -3.36. The first kappa shape index (κ1) is 14.2. The Balaban J connectivity index is 3.18. The van der Waals surface area contributed by atoms with E-state index in [9.17, 15) is 8.42 Å². The van der Waals surface area contributed by atoms with Gasteiger partial charge in [0, 0.05) is 12.1 Å². The molecular weight excluding hydrogens is 310 g/mol. The van der Waals surface area contributed by atoms with Crippen molar-refractivity contribution in [2.45, 2.75) is 44.0 Å². The summed E-state index contributed by atoms with van der Waals surface area (Å²) in [6.45, 7) is 7.56. The highest BCUT2D eigenvalue weighted by Crippen LogP contribution is 2.30. The Morgan fingerprint density at radius 3 is 2.00 bits per heavy atom. The second-order valence-electron chi connectivity index (χ2n) is 4.08. The fourth-order valence-electron chi connectivity index (χ4n) is 1.69. The van der Waals surface area contributed by atoms with Gasteiger partial charge in [-0.2, -0.15) is 4.31 Å². The molecule has 0 aliphatic carbocycles. The van der Waals surface area contributed by atoms with Crippen LogP contribution in [-0.2, 0) is 10.0 Å². The van der Waals surface area contributed by atoms with Gasteiger partial charge >= 0.3 is 0 Å². The molecule has 0 spiro atoms. The second kappa shape index (κ2) is 5.16. The summed E-state index contributed by atoms with van der Waals surface area (Å²) in [6, 6.07) is 3.33. The summed E-state index contributed by atoms with van der Waals surface area (Å²) in [4.78, 5) is 0. The quantitative estimate of drug-likeness (QED) is 0.851. The maximum atomic E-state index is 12.3. The number of hydrogen-bond donors (Lipinski definition) is 0. The number of hydrogen-bond acceptors (Lipinski definition) is 3. The SMILES string of the molecule is CC(C)N(C(C)C)S(=O)(=O)c1ccc(Br)s1. The van der Waals surface area contributed by atoms with E-state index in [1.807, 2.05) is 27.7 Å². The number of halogens is 1. The molecule has 1 heterocycles. The molecule has 0 saturated carbocycles. The number of sulfonamides is 1. The van der Waals surface area contributed by atoms with Crippen molar-refractivity contribution in [1.29, 1.82) is 0 Å². The maximum Gasteiger partial charge on any atom is 0.253 e. The molecular formula is C10H16BrNO2S2. The van der Waals surface area contributed by atoms with Crippen LogP contribution in [-0.4, -0.2) is 24.8 Å². The molecule has 0 aliphatic rings. The van der Waals surface area contributed by atoms with E-state index in [0.29, 0.717) is 4.21 Å². The Labute approximate surface area is 110 Å². The summed E-state index contributed by atoms with van der Waals surface area (Å²) in [7, 11) is -3.36. The maximum absolute atomic E-state index is 12.3. The van der Waals surface area contributed by atoms with Crippen molar-refractivity contribution in [1.82, 2.24) is 4.31 Å². The highest BCUT2D eigenvalue weighted by Gasteiger charge is 2.30. The van der Waals surface area contributed by atoms with Gasteiger partial charge in [-0.3, -0.25) is 0 Å². The standard InChI is InChI=1S/C10H16BrNO2S2/c1-7(2)12(8(3)4)16(13,14)10-6-5-9(11)15-10/h5-8H,1-4H3. The topological polar surface area (TPSA) is 37.4 Å². The summed E-state index contributed by atoms with van der Waals surface area (Å²) in [5.41, 5.74) is 0. The van der Waals surface area contributed by atoms with Crippen LogP contribution in [0.2, 0.25) is 0 Å². The van der Waals surface area contributed by atoms with Gasteiger partial charge in [0.2, 0.25) is 0 Å². The largest absolute Gasteiger partial charge is 0.253 e. The fraction of sp³-hybridized carbons (Fsp3) is 0.600. The van der Waals surface area contributed by atoms with Crippen molar-refractivity contribution in [2.75, 3.05) is 0 Å². The predicted molar refractivity (Wildman–Crippen MR) is 71.3 cm³/mol. The fourth-order valence-corrected chi connectivity index (χ4v) is 5.64. The van der Waals surface area contributed by atoms with Gasteiger partial charge in [0.1, 0.15) is 4.21 Å². The summed E-state index contributed by atoms with van der Waals surface area (Å²) < 4.78 is 27.4. The van der Waals surface area contributed by atoms with E-state index in [-0.39, 0.29) is 12.1 Å². The molecule has 0 N–H and O–H groups in total. The van der Waals surface area contributed by atoms with E-state index < -0.39 is 10.0 Å². The van der Waals surface area contributed by atoms with E-state index in [1.165, 1.54) is 15.6 Å². The van der Waals surface area contributed by atoms with Crippen LogP contribution in [0.5, 0.6) is 0 Å². The number of thiophene rings is 1. The second-order valence-corrected chi connectivity index (χ2v) is 8.61. The minimum absolute atomic E-state index is 0.0362. The summed E-state index contributed by atoms with van der Waals surface area (Å²) >= 11 is 4.53. The molecule has 0 radical (unpaired) electrons. The van der Waals surface area contributed by atoms with Gasteiger partial charge in [0.15, 0.2) is 0 Å². The Hall–Kier alpha value is 0.0900. The number of nitrogens with zero attached hydrogens (tertiary/aromatic N) is 1. The van der Waals surface area contributed by atoms with Gasteiger partial charge in [0.25, 0.3) is 10.0 Å². The van der Waals surface area contributed by atoms with Crippen LogP contribution in [0.3, 0.4) is 0 Å². The van der Waals surface area contributed by atoms with Crippen molar-refractivity contribution < 1.29 is 8.42 Å². The molecule has 1 rings (SSSR count). The Bertz CT molecular complexity index is 443. The van der Waals surface area contributed by atoms with Crippen molar-refractivity contribution >= 4 is 37.3 Å². The van der Waals surface area contributed by atoms with Crippen LogP contribution in [0.15, 0.2) is 20.1 Å². The normalized spacial score (nSPS) is 13.0. The molecule has 0 amide bonds. The van der Waals surface area contributed by atoms with Crippen molar-refractivity contribution in [3.05, 3.63) is 15.9 Å². The van der Waals surface area contributed by atoms with Gasteiger partial charge < -0.3 is 0 Å². The zero-order valence-electron chi connectivity index (χ0n) is 9.77. The van der Waals surface area contributed by atoms with E-state index in [0.717, 1.165) is 3.79 Å². The summed E-state index contributed by atoms with van der Waals surface area (Å²) in [5, 5.41) is 0. The molecule has 6 heteroatoms. The van der Waals surface area contributed by atoms with E-state index in [1.54, 1.807) is 12.1 Å². The first-order valence-electron chi connectivity index (χ1n) is 5.05. The monoisotopic (exact) mass is 325 g/mol. The highest BCUT2D eigenvalue weighted by atomic mass is 79.9. The Morgan fingerprint density at radius 1 is 1.19 bits per heavy atom. The minimum Gasteiger partial charge on any atom is -0.206 e. The zero-order valence-corrected chi connectivity index (χ0v) is 13.0. The third kappa shape index (κ3) is 2.85. The lowest BCUT2D eigenvalue weighted by atomic mass is 10.3. The zero-order chi connectivity index (χ0) is 12.5. The lowest BCUT2D eigenvalue weighted by Crippen LogP contribution is -2.41. The molecule has 0 fully saturated rings. The number of rotatable bonds is 4. The van der Waals surface area contributed by atoms with Gasteiger partial charge in [0.05, 0.1) is 3.79 Å². The van der Waals surface area contributed by atoms with Crippen molar-refractivity contribution in [3.8, 4) is 0 Å². The summed E-state index contributed by atoms with van der Waals surface area (Å²) in [6.07, 6.45) is 0. The van der Waals surface area contributed by atoms with Crippen molar-refractivity contribution in [2.24, 2.45) is 0 Å². The molecule has 16 heavy (non-hydrogen) atoms. The van der Waals surface area contributed by atoms with Crippen LogP contribution in [0.4, 0.5) is 0 Å². The van der Waals surface area contributed by atoms with Gasteiger partial charge in [-0.15, -0.1) is 11.3 Å². The van der Waals surface area contributed by atoms with Crippen LogP contribution < -0.4 is 0 Å². The van der Waals surface area contributed by atoms with Gasteiger partial charge in [-0.1, -0.05) is 0 Å². The molecule has 0 aromatic carbocycles. The molecule has 3 nitrogen and oxygen atoms in total. The highest BCUT2D eigenvalue weighted by molar-refractivity contribution is 9.11. The molecule has 0 atom stereocenters. The molecule has 0 unspecified atom stereocenters. The molecule has 0 aliphatic heterocycles. The van der Waals surface area contributed by atoms with Gasteiger partial charge in [-0.05, 0) is 55.8 Å². The van der Waals surface area contributed by atoms with Crippen molar-refractivity contribution in [3.63, 3.8) is 0 Å². The van der Waals surface area contributed by atoms with Crippen LogP contribution in [0, 0.1) is 0 Å². The third-order valence-electron chi connectivity index (χ3n) is 2.10. The average molecular weight is 326 g/mol. The van der Waals surface area contributed by atoms with E-state index in [4.69, 9.17) is 0 Å². The summed E-state index contributed by atoms with van der Waals surface area (Å²) in [5.74, 6) is 0. The Kier molecular flexibility index (Phi) is 4.57. The molecule has 92 valence electrons. The first-order chi connectivity index (χ1) is 7.26. The molecule has 0 bridgehead atoms. The molecule has 0 saturated heterocycles. The van der Waals surface area contributed by atoms with E-state index >= 15 is 0 Å². The van der Waals surface area contributed by atoms with Gasteiger partial charge in [-0.25, -0.2) is 8.42 Å². The van der Waals surface area contributed by atoms with Crippen LogP contribution in [0.25, 0.3) is 0 Å². The Morgan fingerprint density at radius 2 is 1.69 bits per heavy atom. The molecule has 1 aromatic heterocycles.